The van der Waals surface area contributed by atoms with Crippen LogP contribution in [-0.4, -0.2) is 29.3 Å². The normalized spacial score (nSPS) is 15.7. The zero-order chi connectivity index (χ0) is 20.0. The Morgan fingerprint density at radius 2 is 1.32 bits per heavy atom. The predicted octanol–water partition coefficient (Wildman–Crippen LogP) is 4.01. The second-order valence-electron chi connectivity index (χ2n) is 8.76. The van der Waals surface area contributed by atoms with Crippen molar-refractivity contribution < 1.29 is 23.4 Å². The molecule has 0 saturated heterocycles. The van der Waals surface area contributed by atoms with E-state index in [0.717, 1.165) is 0 Å². The lowest BCUT2D eigenvalue weighted by atomic mass is 9.79. The molecule has 0 heterocycles. The van der Waals surface area contributed by atoms with E-state index in [0.29, 0.717) is 11.1 Å². The third-order valence-corrected chi connectivity index (χ3v) is 7.24. The maximum atomic E-state index is 13.1. The van der Waals surface area contributed by atoms with Crippen LogP contribution in [0.2, 0.25) is 0 Å². The zero-order valence-corrected chi connectivity index (χ0v) is 17.2. The molecular formula is C19H30O5S. The van der Waals surface area contributed by atoms with Gasteiger partial charge in [-0.1, -0.05) is 48.5 Å². The number of aromatic hydroxyl groups is 1. The van der Waals surface area contributed by atoms with Gasteiger partial charge in [-0.05, 0) is 36.3 Å². The predicted molar refractivity (Wildman–Crippen MR) is 99.0 cm³/mol. The summed E-state index contributed by atoms with van der Waals surface area (Å²) in [6.07, 6.45) is -0.0543. The van der Waals surface area contributed by atoms with Gasteiger partial charge in [0, 0.05) is 11.1 Å². The first-order valence-electron chi connectivity index (χ1n) is 8.36. The van der Waals surface area contributed by atoms with Gasteiger partial charge < -0.3 is 10.2 Å². The van der Waals surface area contributed by atoms with Gasteiger partial charge in [-0.3, -0.25) is 4.79 Å². The van der Waals surface area contributed by atoms with Crippen molar-refractivity contribution in [3.8, 4) is 5.75 Å². The number of aliphatic carboxylic acids is 1. The van der Waals surface area contributed by atoms with Crippen LogP contribution in [0.15, 0.2) is 17.0 Å². The van der Waals surface area contributed by atoms with Crippen LogP contribution in [0.25, 0.3) is 0 Å². The summed E-state index contributed by atoms with van der Waals surface area (Å²) < 4.78 is 24.3. The molecule has 0 saturated carbocycles. The summed E-state index contributed by atoms with van der Waals surface area (Å²) in [5.74, 6) is -1.31. The highest BCUT2D eigenvalue weighted by molar-refractivity contribution is 7.93. The molecule has 0 radical (unpaired) electrons. The fraction of sp³-hybridized carbons (Fsp3) is 0.632. The average molecular weight is 371 g/mol. The summed E-state index contributed by atoms with van der Waals surface area (Å²) >= 11 is 0. The summed E-state index contributed by atoms with van der Waals surface area (Å²) in [4.78, 5) is 11.6. The second-order valence-corrected chi connectivity index (χ2v) is 11.1. The van der Waals surface area contributed by atoms with Crippen LogP contribution in [0.3, 0.4) is 0 Å². The number of sulfone groups is 1. The summed E-state index contributed by atoms with van der Waals surface area (Å²) in [6.45, 7) is 14.0. The number of carbonyl (C=O) groups is 1. The third-order valence-electron chi connectivity index (χ3n) is 4.73. The molecule has 1 rings (SSSR count). The lowest BCUT2D eigenvalue weighted by molar-refractivity contribution is -0.139. The molecule has 1 unspecified atom stereocenters. The molecule has 1 atom stereocenters. The molecule has 0 aliphatic heterocycles. The summed E-state index contributed by atoms with van der Waals surface area (Å²) in [6, 6.07) is 2.83. The molecule has 0 bridgehead atoms. The lowest BCUT2D eigenvalue weighted by Gasteiger charge is -2.30. The number of benzene rings is 1. The van der Waals surface area contributed by atoms with Gasteiger partial charge in [-0.15, -0.1) is 0 Å². The van der Waals surface area contributed by atoms with E-state index in [4.69, 9.17) is 0 Å². The smallest absolute Gasteiger partial charge is 0.325 e. The van der Waals surface area contributed by atoms with Crippen LogP contribution in [0.5, 0.6) is 5.75 Å². The van der Waals surface area contributed by atoms with E-state index in [-0.39, 0.29) is 17.1 Å². The third kappa shape index (κ3) is 3.68. The van der Waals surface area contributed by atoms with Crippen molar-refractivity contribution in [2.75, 3.05) is 0 Å². The maximum Gasteiger partial charge on any atom is 0.325 e. The van der Waals surface area contributed by atoms with E-state index in [1.807, 2.05) is 41.5 Å². The van der Waals surface area contributed by atoms with Crippen molar-refractivity contribution >= 4 is 15.8 Å². The Morgan fingerprint density at radius 1 is 0.960 bits per heavy atom. The van der Waals surface area contributed by atoms with Crippen molar-refractivity contribution in [2.24, 2.45) is 0 Å². The molecule has 1 aromatic rings. The van der Waals surface area contributed by atoms with Gasteiger partial charge in [0.25, 0.3) is 0 Å². The highest BCUT2D eigenvalue weighted by Gasteiger charge is 2.46. The topological polar surface area (TPSA) is 91.7 Å². The quantitative estimate of drug-likeness (QED) is 0.835. The Hall–Kier alpha value is -1.56. The number of carboxylic acids is 1. The summed E-state index contributed by atoms with van der Waals surface area (Å²) in [5, 5.41) is 20.2. The molecule has 2 N–H and O–H groups in total. The van der Waals surface area contributed by atoms with Crippen LogP contribution in [0.4, 0.5) is 0 Å². The molecule has 25 heavy (non-hydrogen) atoms. The van der Waals surface area contributed by atoms with E-state index < -0.39 is 31.4 Å². The summed E-state index contributed by atoms with van der Waals surface area (Å²) in [5.41, 5.74) is -0.0206. The molecule has 0 aliphatic carbocycles. The first-order chi connectivity index (χ1) is 11.0. The van der Waals surface area contributed by atoms with Gasteiger partial charge in [0.1, 0.15) is 5.75 Å². The molecule has 0 amide bonds. The summed E-state index contributed by atoms with van der Waals surface area (Å²) in [7, 11) is -4.14. The molecule has 0 aliphatic rings. The number of phenols is 1. The van der Waals surface area contributed by atoms with E-state index in [1.165, 1.54) is 19.1 Å². The highest BCUT2D eigenvalue weighted by atomic mass is 32.2. The zero-order valence-electron chi connectivity index (χ0n) is 16.4. The fourth-order valence-corrected chi connectivity index (χ4v) is 4.30. The first kappa shape index (κ1) is 21.5. The lowest BCUT2D eigenvalue weighted by Crippen LogP contribution is -2.43. The van der Waals surface area contributed by atoms with Gasteiger partial charge in [0.2, 0.25) is 0 Å². The van der Waals surface area contributed by atoms with Gasteiger partial charge >= 0.3 is 5.97 Å². The minimum Gasteiger partial charge on any atom is -0.507 e. The van der Waals surface area contributed by atoms with Gasteiger partial charge in [0.05, 0.1) is 4.90 Å². The number of hydrogen-bond donors (Lipinski definition) is 2. The van der Waals surface area contributed by atoms with Crippen molar-refractivity contribution in [2.45, 2.75) is 82.3 Å². The average Bonchev–Trinajstić information content (AvgIpc) is 2.43. The molecule has 0 fully saturated rings. The standard InChI is InChI=1S/C19H30O5S/c1-9-19(8,16(21)22)25(23,24)12-10-13(17(2,3)4)15(20)14(11-12)18(5,6)7/h10-11,20H,9H2,1-8H3,(H,21,22). The molecule has 5 nitrogen and oxygen atoms in total. The molecule has 142 valence electrons. The molecule has 1 aromatic carbocycles. The number of phenolic OH excluding ortho intramolecular Hbond substituents is 1. The fourth-order valence-electron chi connectivity index (χ4n) is 2.62. The minimum absolute atomic E-state index is 0.0543. The van der Waals surface area contributed by atoms with E-state index in [9.17, 15) is 23.4 Å². The molecule has 0 aromatic heterocycles. The van der Waals surface area contributed by atoms with Crippen molar-refractivity contribution in [3.05, 3.63) is 23.3 Å². The number of carboxylic acid groups (broad SMARTS) is 1. The molecule has 6 heteroatoms. The van der Waals surface area contributed by atoms with Crippen LogP contribution in [0.1, 0.15) is 72.9 Å². The van der Waals surface area contributed by atoms with Crippen LogP contribution in [-0.2, 0) is 25.5 Å². The molecule has 0 spiro atoms. The Labute approximate surface area is 151 Å². The van der Waals surface area contributed by atoms with Crippen molar-refractivity contribution in [1.29, 1.82) is 0 Å². The van der Waals surface area contributed by atoms with Crippen LogP contribution < -0.4 is 0 Å². The van der Waals surface area contributed by atoms with Crippen LogP contribution in [0, 0.1) is 0 Å². The Kier molecular flexibility index (Phi) is 5.42. The SMILES string of the molecule is CCC(C)(C(=O)O)S(=O)(=O)c1cc(C(C)(C)C)c(O)c(C(C)(C)C)c1. The Morgan fingerprint density at radius 3 is 1.56 bits per heavy atom. The Balaban J connectivity index is 3.93. The van der Waals surface area contributed by atoms with Crippen molar-refractivity contribution in [1.82, 2.24) is 0 Å². The van der Waals surface area contributed by atoms with Gasteiger partial charge in [-0.25, -0.2) is 8.42 Å². The maximum absolute atomic E-state index is 13.1. The van der Waals surface area contributed by atoms with Gasteiger partial charge in [-0.2, -0.15) is 0 Å². The largest absolute Gasteiger partial charge is 0.507 e. The monoisotopic (exact) mass is 370 g/mol. The van der Waals surface area contributed by atoms with E-state index >= 15 is 0 Å². The van der Waals surface area contributed by atoms with E-state index in [1.54, 1.807) is 6.92 Å². The van der Waals surface area contributed by atoms with E-state index in [2.05, 4.69) is 0 Å². The Bertz CT molecular complexity index is 744. The van der Waals surface area contributed by atoms with Crippen LogP contribution >= 0.6 is 0 Å². The number of rotatable bonds is 4. The minimum atomic E-state index is -4.14. The number of hydrogen-bond acceptors (Lipinski definition) is 4. The first-order valence-corrected chi connectivity index (χ1v) is 9.84. The second kappa shape index (κ2) is 6.31. The van der Waals surface area contributed by atoms with Gasteiger partial charge in [0.15, 0.2) is 14.6 Å². The highest BCUT2D eigenvalue weighted by Crippen LogP contribution is 2.42. The molecular weight excluding hydrogens is 340 g/mol. The van der Waals surface area contributed by atoms with Crippen molar-refractivity contribution in [3.63, 3.8) is 0 Å².